The summed E-state index contributed by atoms with van der Waals surface area (Å²) in [5.74, 6) is -0.251. The normalized spacial score (nSPS) is 15.3. The summed E-state index contributed by atoms with van der Waals surface area (Å²) in [6.07, 6.45) is 0. The standard InChI is InChI=1S/C13H16N2O3/c16-12-8-15(7-6-14-12)13(17)10-18-9-11-4-2-1-3-5-11/h1-5H,6-10H2,(H,14,16). The summed E-state index contributed by atoms with van der Waals surface area (Å²) < 4.78 is 5.35. The molecule has 1 aromatic rings. The molecule has 5 heteroatoms. The van der Waals surface area contributed by atoms with Crippen LogP contribution in [-0.2, 0) is 20.9 Å². The Morgan fingerprint density at radius 2 is 2.11 bits per heavy atom. The zero-order valence-corrected chi connectivity index (χ0v) is 10.1. The zero-order chi connectivity index (χ0) is 12.8. The highest BCUT2D eigenvalue weighted by molar-refractivity contribution is 5.86. The quantitative estimate of drug-likeness (QED) is 0.826. The molecular formula is C13H16N2O3. The summed E-state index contributed by atoms with van der Waals surface area (Å²) in [6.45, 7) is 1.63. The molecule has 0 aromatic heterocycles. The van der Waals surface area contributed by atoms with E-state index in [0.717, 1.165) is 5.56 Å². The molecular weight excluding hydrogens is 232 g/mol. The molecule has 96 valence electrons. The van der Waals surface area contributed by atoms with Crippen molar-refractivity contribution in [1.82, 2.24) is 10.2 Å². The molecule has 2 rings (SSSR count). The van der Waals surface area contributed by atoms with Crippen LogP contribution in [-0.4, -0.2) is 43.0 Å². The Hall–Kier alpha value is -1.88. The molecule has 1 aliphatic heterocycles. The third-order valence-electron chi connectivity index (χ3n) is 2.73. The first-order valence-corrected chi connectivity index (χ1v) is 5.92. The number of amides is 2. The lowest BCUT2D eigenvalue weighted by Crippen LogP contribution is -2.50. The second-order valence-corrected chi connectivity index (χ2v) is 4.14. The lowest BCUT2D eigenvalue weighted by Gasteiger charge is -2.26. The molecule has 0 radical (unpaired) electrons. The van der Waals surface area contributed by atoms with Gasteiger partial charge in [-0.3, -0.25) is 9.59 Å². The Kier molecular flexibility index (Phi) is 4.30. The minimum Gasteiger partial charge on any atom is -0.367 e. The molecule has 1 aliphatic rings. The van der Waals surface area contributed by atoms with Crippen molar-refractivity contribution in [2.24, 2.45) is 0 Å². The number of nitrogens with one attached hydrogen (secondary N) is 1. The topological polar surface area (TPSA) is 58.6 Å². The maximum absolute atomic E-state index is 11.8. The summed E-state index contributed by atoms with van der Waals surface area (Å²) in [4.78, 5) is 24.4. The summed E-state index contributed by atoms with van der Waals surface area (Å²) >= 11 is 0. The molecule has 1 N–H and O–H groups in total. The van der Waals surface area contributed by atoms with Crippen LogP contribution in [0.15, 0.2) is 30.3 Å². The van der Waals surface area contributed by atoms with Crippen LogP contribution >= 0.6 is 0 Å². The fourth-order valence-corrected chi connectivity index (χ4v) is 1.77. The van der Waals surface area contributed by atoms with E-state index in [1.54, 1.807) is 0 Å². The first-order chi connectivity index (χ1) is 8.75. The molecule has 0 saturated carbocycles. The van der Waals surface area contributed by atoms with E-state index >= 15 is 0 Å². The Labute approximate surface area is 106 Å². The average molecular weight is 248 g/mol. The molecule has 5 nitrogen and oxygen atoms in total. The lowest BCUT2D eigenvalue weighted by molar-refractivity contribution is -0.142. The van der Waals surface area contributed by atoms with Crippen LogP contribution in [0.4, 0.5) is 0 Å². The van der Waals surface area contributed by atoms with E-state index in [2.05, 4.69) is 5.32 Å². The molecule has 0 aliphatic carbocycles. The predicted molar refractivity (Wildman–Crippen MR) is 65.7 cm³/mol. The number of piperazine rings is 1. The van der Waals surface area contributed by atoms with Gasteiger partial charge in [0.05, 0.1) is 13.2 Å². The minimum atomic E-state index is -0.138. The summed E-state index contributed by atoms with van der Waals surface area (Å²) in [7, 11) is 0. The van der Waals surface area contributed by atoms with Gasteiger partial charge in [0, 0.05) is 13.1 Å². The van der Waals surface area contributed by atoms with Gasteiger partial charge in [0.1, 0.15) is 6.61 Å². The smallest absolute Gasteiger partial charge is 0.249 e. The Bertz CT molecular complexity index is 420. The largest absolute Gasteiger partial charge is 0.367 e. The number of nitrogens with zero attached hydrogens (tertiary/aromatic N) is 1. The van der Waals surface area contributed by atoms with Gasteiger partial charge in [0.2, 0.25) is 11.8 Å². The van der Waals surface area contributed by atoms with Gasteiger partial charge < -0.3 is 15.0 Å². The van der Waals surface area contributed by atoms with Gasteiger partial charge in [-0.05, 0) is 5.56 Å². The highest BCUT2D eigenvalue weighted by Gasteiger charge is 2.20. The minimum absolute atomic E-state index is 0.0160. The molecule has 18 heavy (non-hydrogen) atoms. The summed E-state index contributed by atoms with van der Waals surface area (Å²) in [6, 6.07) is 9.67. The van der Waals surface area contributed by atoms with Gasteiger partial charge in [0.25, 0.3) is 0 Å². The van der Waals surface area contributed by atoms with E-state index in [9.17, 15) is 9.59 Å². The number of carbonyl (C=O) groups is 2. The van der Waals surface area contributed by atoms with E-state index in [0.29, 0.717) is 19.7 Å². The van der Waals surface area contributed by atoms with Crippen LogP contribution in [0.3, 0.4) is 0 Å². The number of rotatable bonds is 4. The first kappa shape index (κ1) is 12.6. The zero-order valence-electron chi connectivity index (χ0n) is 10.1. The molecule has 1 fully saturated rings. The number of benzene rings is 1. The van der Waals surface area contributed by atoms with Crippen LogP contribution < -0.4 is 5.32 Å². The molecule has 1 saturated heterocycles. The summed E-state index contributed by atoms with van der Waals surface area (Å²) in [5, 5.41) is 2.68. The van der Waals surface area contributed by atoms with E-state index < -0.39 is 0 Å². The van der Waals surface area contributed by atoms with Crippen LogP contribution in [0.1, 0.15) is 5.56 Å². The van der Waals surface area contributed by atoms with Crippen molar-refractivity contribution in [3.63, 3.8) is 0 Å². The van der Waals surface area contributed by atoms with Crippen LogP contribution in [0, 0.1) is 0 Å². The van der Waals surface area contributed by atoms with Crippen molar-refractivity contribution < 1.29 is 14.3 Å². The highest BCUT2D eigenvalue weighted by Crippen LogP contribution is 2.01. The molecule has 0 bridgehead atoms. The third-order valence-corrected chi connectivity index (χ3v) is 2.73. The fourth-order valence-electron chi connectivity index (χ4n) is 1.77. The van der Waals surface area contributed by atoms with Gasteiger partial charge in [-0.25, -0.2) is 0 Å². The monoisotopic (exact) mass is 248 g/mol. The van der Waals surface area contributed by atoms with Gasteiger partial charge in [0.15, 0.2) is 0 Å². The average Bonchev–Trinajstić information content (AvgIpc) is 2.40. The maximum atomic E-state index is 11.8. The number of carbonyl (C=O) groups excluding carboxylic acids is 2. The van der Waals surface area contributed by atoms with E-state index in [-0.39, 0.29) is 25.0 Å². The molecule has 2 amide bonds. The van der Waals surface area contributed by atoms with Crippen molar-refractivity contribution in [3.8, 4) is 0 Å². The molecule has 0 spiro atoms. The van der Waals surface area contributed by atoms with Crippen molar-refractivity contribution in [1.29, 1.82) is 0 Å². The van der Waals surface area contributed by atoms with E-state index in [1.165, 1.54) is 4.90 Å². The Morgan fingerprint density at radius 3 is 2.83 bits per heavy atom. The number of hydrogen-bond acceptors (Lipinski definition) is 3. The Balaban J connectivity index is 1.73. The van der Waals surface area contributed by atoms with Crippen molar-refractivity contribution in [3.05, 3.63) is 35.9 Å². The van der Waals surface area contributed by atoms with Crippen molar-refractivity contribution in [2.75, 3.05) is 26.2 Å². The highest BCUT2D eigenvalue weighted by atomic mass is 16.5. The second kappa shape index (κ2) is 6.16. The van der Waals surface area contributed by atoms with Crippen molar-refractivity contribution in [2.45, 2.75) is 6.61 Å². The van der Waals surface area contributed by atoms with Gasteiger partial charge >= 0.3 is 0 Å². The van der Waals surface area contributed by atoms with E-state index in [4.69, 9.17) is 4.74 Å². The maximum Gasteiger partial charge on any atom is 0.249 e. The van der Waals surface area contributed by atoms with Crippen LogP contribution in [0.25, 0.3) is 0 Å². The number of ether oxygens (including phenoxy) is 1. The van der Waals surface area contributed by atoms with Gasteiger partial charge in [-0.2, -0.15) is 0 Å². The third kappa shape index (κ3) is 3.56. The van der Waals surface area contributed by atoms with Gasteiger partial charge in [-0.1, -0.05) is 30.3 Å². The van der Waals surface area contributed by atoms with Crippen LogP contribution in [0.5, 0.6) is 0 Å². The fraction of sp³-hybridized carbons (Fsp3) is 0.385. The van der Waals surface area contributed by atoms with Crippen molar-refractivity contribution >= 4 is 11.8 Å². The molecule has 1 heterocycles. The predicted octanol–water partition coefficient (Wildman–Crippen LogP) is 0.162. The van der Waals surface area contributed by atoms with E-state index in [1.807, 2.05) is 30.3 Å². The molecule has 0 unspecified atom stereocenters. The SMILES string of the molecule is O=C1CN(C(=O)COCc2ccccc2)CCN1. The van der Waals surface area contributed by atoms with Gasteiger partial charge in [-0.15, -0.1) is 0 Å². The first-order valence-electron chi connectivity index (χ1n) is 5.92. The molecule has 1 aromatic carbocycles. The second-order valence-electron chi connectivity index (χ2n) is 4.14. The lowest BCUT2D eigenvalue weighted by atomic mass is 10.2. The number of hydrogen-bond donors (Lipinski definition) is 1. The molecule has 0 atom stereocenters. The van der Waals surface area contributed by atoms with Crippen LogP contribution in [0.2, 0.25) is 0 Å². The Morgan fingerprint density at radius 1 is 1.33 bits per heavy atom. The summed E-state index contributed by atoms with van der Waals surface area (Å²) in [5.41, 5.74) is 1.03.